The van der Waals surface area contributed by atoms with E-state index in [2.05, 4.69) is 25.7 Å². The lowest BCUT2D eigenvalue weighted by Crippen LogP contribution is -2.53. The normalized spacial score (nSPS) is 24.9. The van der Waals surface area contributed by atoms with Crippen molar-refractivity contribution in [3.8, 4) is 0 Å². The molecule has 1 saturated heterocycles. The van der Waals surface area contributed by atoms with Crippen molar-refractivity contribution in [3.63, 3.8) is 0 Å². The standard InChI is InChI=1S/C11H24N2O/c1-4-5-10(8-12)13-6-7-14-11(2,3)9-13/h10H,4-9,12H2,1-3H3. The van der Waals surface area contributed by atoms with Crippen molar-refractivity contribution >= 4 is 0 Å². The summed E-state index contributed by atoms with van der Waals surface area (Å²) in [6.45, 7) is 10.2. The average molecular weight is 200 g/mol. The predicted octanol–water partition coefficient (Wildman–Crippen LogP) is 1.22. The van der Waals surface area contributed by atoms with Crippen molar-refractivity contribution < 1.29 is 4.74 Å². The molecule has 0 radical (unpaired) electrons. The van der Waals surface area contributed by atoms with Gasteiger partial charge in [0.25, 0.3) is 0 Å². The third kappa shape index (κ3) is 3.23. The molecule has 2 N–H and O–H groups in total. The van der Waals surface area contributed by atoms with Crippen LogP contribution < -0.4 is 5.73 Å². The minimum absolute atomic E-state index is 0.000584. The van der Waals surface area contributed by atoms with Crippen molar-refractivity contribution in [2.45, 2.75) is 45.3 Å². The van der Waals surface area contributed by atoms with Gasteiger partial charge in [0.2, 0.25) is 0 Å². The maximum atomic E-state index is 5.80. The molecule has 0 bridgehead atoms. The van der Waals surface area contributed by atoms with Crippen LogP contribution in [0.4, 0.5) is 0 Å². The van der Waals surface area contributed by atoms with Crippen LogP contribution in [0.15, 0.2) is 0 Å². The molecule has 0 aromatic heterocycles. The van der Waals surface area contributed by atoms with Crippen LogP contribution in [0.25, 0.3) is 0 Å². The fourth-order valence-electron chi connectivity index (χ4n) is 2.15. The fraction of sp³-hybridized carbons (Fsp3) is 1.00. The molecule has 1 aliphatic rings. The van der Waals surface area contributed by atoms with Crippen LogP contribution in [-0.4, -0.2) is 42.8 Å². The third-order valence-electron chi connectivity index (χ3n) is 2.87. The summed E-state index contributed by atoms with van der Waals surface area (Å²) in [4.78, 5) is 2.48. The smallest absolute Gasteiger partial charge is 0.0753 e. The Morgan fingerprint density at radius 2 is 2.21 bits per heavy atom. The Bertz CT molecular complexity index is 171. The summed E-state index contributed by atoms with van der Waals surface area (Å²) in [6, 6.07) is 0.545. The number of ether oxygens (including phenoxy) is 1. The minimum atomic E-state index is -0.000584. The predicted molar refractivity (Wildman–Crippen MR) is 59.4 cm³/mol. The van der Waals surface area contributed by atoms with Gasteiger partial charge in [0.05, 0.1) is 12.2 Å². The van der Waals surface area contributed by atoms with Gasteiger partial charge in [-0.2, -0.15) is 0 Å². The van der Waals surface area contributed by atoms with Crippen LogP contribution in [0, 0.1) is 0 Å². The Morgan fingerprint density at radius 3 is 2.71 bits per heavy atom. The Kier molecular flexibility index (Phi) is 4.35. The molecule has 3 heteroatoms. The lowest BCUT2D eigenvalue weighted by Gasteiger charge is -2.42. The van der Waals surface area contributed by atoms with Gasteiger partial charge in [-0.1, -0.05) is 13.3 Å². The molecule has 0 saturated carbocycles. The molecular formula is C11H24N2O. The number of morpholine rings is 1. The van der Waals surface area contributed by atoms with Crippen LogP contribution in [-0.2, 0) is 4.74 Å². The first kappa shape index (κ1) is 12.0. The molecule has 1 rings (SSSR count). The minimum Gasteiger partial charge on any atom is -0.373 e. The van der Waals surface area contributed by atoms with E-state index >= 15 is 0 Å². The van der Waals surface area contributed by atoms with Gasteiger partial charge < -0.3 is 10.5 Å². The first-order chi connectivity index (χ1) is 6.59. The number of nitrogens with zero attached hydrogens (tertiary/aromatic N) is 1. The third-order valence-corrected chi connectivity index (χ3v) is 2.87. The molecule has 0 spiro atoms. The number of hydrogen-bond acceptors (Lipinski definition) is 3. The second-order valence-electron chi connectivity index (χ2n) is 4.76. The summed E-state index contributed by atoms with van der Waals surface area (Å²) >= 11 is 0. The van der Waals surface area contributed by atoms with E-state index in [9.17, 15) is 0 Å². The Hall–Kier alpha value is -0.120. The first-order valence-electron chi connectivity index (χ1n) is 5.67. The quantitative estimate of drug-likeness (QED) is 0.741. The van der Waals surface area contributed by atoms with Crippen molar-refractivity contribution in [1.29, 1.82) is 0 Å². The summed E-state index contributed by atoms with van der Waals surface area (Å²) in [6.07, 6.45) is 2.41. The van der Waals surface area contributed by atoms with Gasteiger partial charge >= 0.3 is 0 Å². The summed E-state index contributed by atoms with van der Waals surface area (Å²) in [5.74, 6) is 0. The van der Waals surface area contributed by atoms with Gasteiger partial charge in [0.15, 0.2) is 0 Å². The van der Waals surface area contributed by atoms with E-state index in [1.807, 2.05) is 0 Å². The Labute approximate surface area is 87.6 Å². The van der Waals surface area contributed by atoms with E-state index in [1.165, 1.54) is 12.8 Å². The Balaban J connectivity index is 2.49. The van der Waals surface area contributed by atoms with Crippen LogP contribution in [0.3, 0.4) is 0 Å². The molecule has 0 aromatic rings. The van der Waals surface area contributed by atoms with Crippen LogP contribution in [0.1, 0.15) is 33.6 Å². The summed E-state index contributed by atoms with van der Waals surface area (Å²) in [5.41, 5.74) is 5.80. The zero-order valence-corrected chi connectivity index (χ0v) is 9.75. The van der Waals surface area contributed by atoms with Gasteiger partial charge in [-0.15, -0.1) is 0 Å². The maximum Gasteiger partial charge on any atom is 0.0753 e. The highest BCUT2D eigenvalue weighted by molar-refractivity contribution is 4.83. The van der Waals surface area contributed by atoms with E-state index in [4.69, 9.17) is 10.5 Å². The molecule has 1 fully saturated rings. The van der Waals surface area contributed by atoms with E-state index in [0.29, 0.717) is 6.04 Å². The monoisotopic (exact) mass is 200 g/mol. The maximum absolute atomic E-state index is 5.80. The Morgan fingerprint density at radius 1 is 1.50 bits per heavy atom. The number of nitrogens with two attached hydrogens (primary N) is 1. The van der Waals surface area contributed by atoms with E-state index in [1.54, 1.807) is 0 Å². The van der Waals surface area contributed by atoms with E-state index in [0.717, 1.165) is 26.2 Å². The summed E-state index contributed by atoms with van der Waals surface area (Å²) < 4.78 is 5.69. The number of hydrogen-bond donors (Lipinski definition) is 1. The molecule has 1 aliphatic heterocycles. The first-order valence-corrected chi connectivity index (χ1v) is 5.67. The molecule has 1 unspecified atom stereocenters. The second kappa shape index (κ2) is 5.10. The SMILES string of the molecule is CCCC(CN)N1CCOC(C)(C)C1. The number of rotatable bonds is 4. The highest BCUT2D eigenvalue weighted by atomic mass is 16.5. The lowest BCUT2D eigenvalue weighted by molar-refractivity contribution is -0.0968. The molecule has 0 amide bonds. The molecule has 0 aromatic carbocycles. The molecule has 84 valence electrons. The largest absolute Gasteiger partial charge is 0.373 e. The van der Waals surface area contributed by atoms with Crippen LogP contribution in [0.2, 0.25) is 0 Å². The van der Waals surface area contributed by atoms with Gasteiger partial charge in [-0.3, -0.25) is 4.90 Å². The molecule has 0 aliphatic carbocycles. The van der Waals surface area contributed by atoms with Crippen LogP contribution >= 0.6 is 0 Å². The van der Waals surface area contributed by atoms with Crippen molar-refractivity contribution in [2.75, 3.05) is 26.2 Å². The van der Waals surface area contributed by atoms with Crippen molar-refractivity contribution in [2.24, 2.45) is 5.73 Å². The van der Waals surface area contributed by atoms with Gasteiger partial charge in [-0.25, -0.2) is 0 Å². The van der Waals surface area contributed by atoms with E-state index in [-0.39, 0.29) is 5.60 Å². The van der Waals surface area contributed by atoms with Crippen LogP contribution in [0.5, 0.6) is 0 Å². The molecule has 3 nitrogen and oxygen atoms in total. The zero-order valence-electron chi connectivity index (χ0n) is 9.75. The van der Waals surface area contributed by atoms with Gasteiger partial charge in [-0.05, 0) is 20.3 Å². The molecule has 14 heavy (non-hydrogen) atoms. The summed E-state index contributed by atoms with van der Waals surface area (Å²) in [7, 11) is 0. The van der Waals surface area contributed by atoms with E-state index < -0.39 is 0 Å². The molecule has 1 atom stereocenters. The average Bonchev–Trinajstić information content (AvgIpc) is 2.12. The lowest BCUT2D eigenvalue weighted by atomic mass is 10.0. The topological polar surface area (TPSA) is 38.5 Å². The fourth-order valence-corrected chi connectivity index (χ4v) is 2.15. The van der Waals surface area contributed by atoms with Crippen molar-refractivity contribution in [1.82, 2.24) is 4.90 Å². The van der Waals surface area contributed by atoms with Gasteiger partial charge in [0, 0.05) is 25.7 Å². The summed E-state index contributed by atoms with van der Waals surface area (Å²) in [5, 5.41) is 0. The molecular weight excluding hydrogens is 176 g/mol. The zero-order chi connectivity index (χ0) is 10.6. The molecule has 1 heterocycles. The van der Waals surface area contributed by atoms with Gasteiger partial charge in [0.1, 0.15) is 0 Å². The van der Waals surface area contributed by atoms with Crippen molar-refractivity contribution in [3.05, 3.63) is 0 Å². The highest BCUT2D eigenvalue weighted by Crippen LogP contribution is 2.19. The second-order valence-corrected chi connectivity index (χ2v) is 4.76. The highest BCUT2D eigenvalue weighted by Gasteiger charge is 2.30.